The molecule has 2 aliphatic rings. The molecule has 5 heterocycles. The fraction of sp³-hybridized carbons (Fsp3) is 0.636. The Labute approximate surface area is 200 Å². The molecule has 172 valence electrons. The first-order valence-electron chi connectivity index (χ1n) is 11.2. The van der Waals surface area contributed by atoms with Crippen LogP contribution in [-0.4, -0.2) is 60.1 Å². The van der Waals surface area contributed by atoms with Gasteiger partial charge in [-0.15, -0.1) is 21.5 Å². The number of rotatable bonds is 5. The Hall–Kier alpha value is -1.36. The topological polar surface area (TPSA) is 72.6 Å². The number of nitrogens with zero attached hydrogens (tertiary/aromatic N) is 5. The number of hydrogen-bond acceptors (Lipinski definition) is 8. The van der Waals surface area contributed by atoms with E-state index in [2.05, 4.69) is 42.3 Å². The molecular weight excluding hydrogens is 462 g/mol. The number of hydrogen-bond donors (Lipinski definition) is 0. The summed E-state index contributed by atoms with van der Waals surface area (Å²) in [6.07, 6.45) is 4.25. The number of thioether (sulfide) groups is 2. The van der Waals surface area contributed by atoms with Crippen molar-refractivity contribution in [1.29, 1.82) is 0 Å². The lowest BCUT2D eigenvalue weighted by atomic mass is 9.94. The molecule has 1 fully saturated rings. The van der Waals surface area contributed by atoms with Crippen molar-refractivity contribution >= 4 is 56.6 Å². The average Bonchev–Trinajstić information content (AvgIpc) is 3.32. The molecule has 1 amide bonds. The number of fused-ring (bicyclic) bond motifs is 5. The highest BCUT2D eigenvalue weighted by Crippen LogP contribution is 2.41. The second-order valence-corrected chi connectivity index (χ2v) is 12.9. The van der Waals surface area contributed by atoms with Crippen LogP contribution in [0.5, 0.6) is 0 Å². The zero-order chi connectivity index (χ0) is 22.5. The highest BCUT2D eigenvalue weighted by molar-refractivity contribution is 8.00. The minimum Gasteiger partial charge on any atom is -0.370 e. The molecule has 0 N–H and O–H groups in total. The monoisotopic (exact) mass is 491 g/mol. The molecular formula is C22H29N5O2S3. The SMILES string of the molecule is CC(C)Sc1nc2sc3c(c2c2nnc(SCC(=O)N4CCCCC4)n12)CC(C)(C)OC3. The predicted octanol–water partition coefficient (Wildman–Crippen LogP) is 4.80. The maximum atomic E-state index is 12.7. The summed E-state index contributed by atoms with van der Waals surface area (Å²) in [5, 5.41) is 12.2. The third-order valence-electron chi connectivity index (χ3n) is 5.89. The lowest BCUT2D eigenvalue weighted by Crippen LogP contribution is -2.36. The van der Waals surface area contributed by atoms with E-state index >= 15 is 0 Å². The molecule has 0 saturated carbocycles. The molecule has 32 heavy (non-hydrogen) atoms. The Bertz CT molecular complexity index is 1160. The van der Waals surface area contributed by atoms with Crippen molar-refractivity contribution in [2.24, 2.45) is 0 Å². The van der Waals surface area contributed by atoms with E-state index in [9.17, 15) is 4.79 Å². The smallest absolute Gasteiger partial charge is 0.233 e. The number of carbonyl (C=O) groups is 1. The van der Waals surface area contributed by atoms with Gasteiger partial charge >= 0.3 is 0 Å². The Morgan fingerprint density at radius 2 is 1.97 bits per heavy atom. The van der Waals surface area contributed by atoms with E-state index in [1.54, 1.807) is 23.1 Å². The fourth-order valence-electron chi connectivity index (χ4n) is 4.33. The van der Waals surface area contributed by atoms with Crippen molar-refractivity contribution in [1.82, 2.24) is 24.5 Å². The Morgan fingerprint density at radius 3 is 2.72 bits per heavy atom. The molecule has 2 aliphatic heterocycles. The van der Waals surface area contributed by atoms with E-state index < -0.39 is 0 Å². The van der Waals surface area contributed by atoms with Gasteiger partial charge in [0.25, 0.3) is 0 Å². The van der Waals surface area contributed by atoms with Gasteiger partial charge in [0.15, 0.2) is 16.0 Å². The highest BCUT2D eigenvalue weighted by Gasteiger charge is 2.32. The second-order valence-electron chi connectivity index (χ2n) is 9.34. The molecule has 3 aromatic heterocycles. The molecule has 0 aromatic carbocycles. The maximum Gasteiger partial charge on any atom is 0.233 e. The zero-order valence-electron chi connectivity index (χ0n) is 19.0. The first kappa shape index (κ1) is 22.4. The van der Waals surface area contributed by atoms with Crippen molar-refractivity contribution in [3.8, 4) is 0 Å². The van der Waals surface area contributed by atoms with Crippen LogP contribution < -0.4 is 0 Å². The van der Waals surface area contributed by atoms with Crippen LogP contribution >= 0.6 is 34.9 Å². The minimum atomic E-state index is -0.207. The number of likely N-dealkylation sites (tertiary alicyclic amines) is 1. The van der Waals surface area contributed by atoms with Crippen molar-refractivity contribution in [2.75, 3.05) is 18.8 Å². The lowest BCUT2D eigenvalue weighted by molar-refractivity contribution is -0.129. The molecule has 0 unspecified atom stereocenters. The molecule has 0 atom stereocenters. The van der Waals surface area contributed by atoms with Gasteiger partial charge < -0.3 is 9.64 Å². The van der Waals surface area contributed by atoms with E-state index in [-0.39, 0.29) is 11.5 Å². The molecule has 0 radical (unpaired) electrons. The Balaban J connectivity index is 1.54. The minimum absolute atomic E-state index is 0.186. The molecule has 0 spiro atoms. The first-order valence-corrected chi connectivity index (χ1v) is 13.9. The van der Waals surface area contributed by atoms with E-state index in [1.807, 2.05) is 4.90 Å². The molecule has 0 bridgehead atoms. The second kappa shape index (κ2) is 8.77. The summed E-state index contributed by atoms with van der Waals surface area (Å²) in [7, 11) is 0. The van der Waals surface area contributed by atoms with Crippen molar-refractivity contribution < 1.29 is 9.53 Å². The quantitative estimate of drug-likeness (QED) is 0.375. The van der Waals surface area contributed by atoms with E-state index in [0.717, 1.165) is 58.5 Å². The normalized spacial score (nSPS) is 18.6. The summed E-state index contributed by atoms with van der Waals surface area (Å²) >= 11 is 4.88. The molecule has 0 aliphatic carbocycles. The van der Waals surface area contributed by atoms with Gasteiger partial charge in [0.2, 0.25) is 5.91 Å². The van der Waals surface area contributed by atoms with E-state index in [4.69, 9.17) is 9.72 Å². The van der Waals surface area contributed by atoms with Gasteiger partial charge in [-0.05, 0) is 38.7 Å². The van der Waals surface area contributed by atoms with Crippen LogP contribution in [0.4, 0.5) is 0 Å². The molecule has 1 saturated heterocycles. The number of amides is 1. The number of aromatic nitrogens is 4. The standard InChI is InChI=1S/C22H29N5O2S3/c1-13(2)31-20-23-19-17(14-10-22(3,4)29-11-15(14)32-19)18-24-25-21(27(18)20)30-12-16(28)26-8-6-5-7-9-26/h13H,5-12H2,1-4H3. The number of ether oxygens (including phenoxy) is 1. The van der Waals surface area contributed by atoms with E-state index in [1.165, 1.54) is 28.6 Å². The van der Waals surface area contributed by atoms with Gasteiger partial charge in [-0.3, -0.25) is 4.79 Å². The summed E-state index contributed by atoms with van der Waals surface area (Å²) in [5.41, 5.74) is 1.93. The van der Waals surface area contributed by atoms with Crippen molar-refractivity contribution in [3.63, 3.8) is 0 Å². The molecule has 5 rings (SSSR count). The van der Waals surface area contributed by atoms with Crippen molar-refractivity contribution in [2.45, 2.75) is 81.1 Å². The highest BCUT2D eigenvalue weighted by atomic mass is 32.2. The van der Waals surface area contributed by atoms with Gasteiger partial charge in [-0.2, -0.15) is 0 Å². The van der Waals surface area contributed by atoms with Gasteiger partial charge in [0.05, 0.1) is 23.3 Å². The van der Waals surface area contributed by atoms with Crippen LogP contribution in [0.25, 0.3) is 15.9 Å². The summed E-state index contributed by atoms with van der Waals surface area (Å²) in [5.74, 6) is 0.568. The number of carbonyl (C=O) groups excluding carboxylic acids is 1. The maximum absolute atomic E-state index is 12.7. The van der Waals surface area contributed by atoms with Crippen molar-refractivity contribution in [3.05, 3.63) is 10.4 Å². The fourth-order valence-corrected chi connectivity index (χ4v) is 7.23. The van der Waals surface area contributed by atoms with Gasteiger partial charge in [-0.1, -0.05) is 37.4 Å². The molecule has 3 aromatic rings. The third-order valence-corrected chi connectivity index (χ3v) is 8.86. The van der Waals surface area contributed by atoms with Gasteiger partial charge in [0, 0.05) is 29.6 Å². The molecule has 7 nitrogen and oxygen atoms in total. The summed E-state index contributed by atoms with van der Waals surface area (Å²) < 4.78 is 8.11. The Kier molecular flexibility index (Phi) is 6.15. The van der Waals surface area contributed by atoms with Crippen LogP contribution in [0, 0.1) is 0 Å². The van der Waals surface area contributed by atoms with Gasteiger partial charge in [0.1, 0.15) is 4.83 Å². The van der Waals surface area contributed by atoms with Gasteiger partial charge in [-0.25, -0.2) is 9.38 Å². The van der Waals surface area contributed by atoms with Crippen LogP contribution in [0.15, 0.2) is 10.3 Å². The zero-order valence-corrected chi connectivity index (χ0v) is 21.5. The summed E-state index contributed by atoms with van der Waals surface area (Å²) in [6, 6.07) is 0. The number of thiophene rings is 1. The van der Waals surface area contributed by atoms with Crippen LogP contribution in [0.2, 0.25) is 0 Å². The summed E-state index contributed by atoms with van der Waals surface area (Å²) in [6.45, 7) is 10.9. The van der Waals surface area contributed by atoms with E-state index in [0.29, 0.717) is 17.6 Å². The van der Waals surface area contributed by atoms with Crippen LogP contribution in [0.1, 0.15) is 57.4 Å². The lowest BCUT2D eigenvalue weighted by Gasteiger charge is -2.30. The van der Waals surface area contributed by atoms with Crippen LogP contribution in [0.3, 0.4) is 0 Å². The predicted molar refractivity (Wildman–Crippen MR) is 131 cm³/mol. The summed E-state index contributed by atoms with van der Waals surface area (Å²) in [4.78, 5) is 22.0. The van der Waals surface area contributed by atoms with Crippen LogP contribution in [-0.2, 0) is 22.6 Å². The Morgan fingerprint density at radius 1 is 1.19 bits per heavy atom. The number of piperidine rings is 1. The molecule has 10 heteroatoms. The largest absolute Gasteiger partial charge is 0.370 e. The average molecular weight is 492 g/mol. The first-order chi connectivity index (χ1) is 15.3. The third kappa shape index (κ3) is 4.26.